The summed E-state index contributed by atoms with van der Waals surface area (Å²) in [5, 5.41) is 13.7. The van der Waals surface area contributed by atoms with E-state index in [1.807, 2.05) is 6.07 Å². The standard InChI is InChI=1S/C15H14N2O4S/c16-11-12-1-3-13(4-2-12)20-9-10-21-14-5-7-15(8-6-14)22(17,18)19/h1-8H,9-10H2,(H2,17,18,19). The molecule has 114 valence electrons. The molecule has 0 atom stereocenters. The highest BCUT2D eigenvalue weighted by Gasteiger charge is 2.06. The molecule has 0 aliphatic carbocycles. The second-order valence-corrected chi connectivity index (χ2v) is 5.91. The first kappa shape index (κ1) is 15.8. The first-order valence-electron chi connectivity index (χ1n) is 6.38. The molecule has 0 saturated heterocycles. The Bertz CT molecular complexity index is 763. The molecule has 2 N–H and O–H groups in total. The molecule has 0 unspecified atom stereocenters. The van der Waals surface area contributed by atoms with E-state index in [4.69, 9.17) is 19.9 Å². The van der Waals surface area contributed by atoms with Crippen LogP contribution in [0.3, 0.4) is 0 Å². The fourth-order valence-corrected chi connectivity index (χ4v) is 2.19. The van der Waals surface area contributed by atoms with Gasteiger partial charge in [-0.3, -0.25) is 0 Å². The van der Waals surface area contributed by atoms with Crippen molar-refractivity contribution in [3.63, 3.8) is 0 Å². The Balaban J connectivity index is 1.80. The molecular weight excluding hydrogens is 304 g/mol. The first-order chi connectivity index (χ1) is 10.5. The van der Waals surface area contributed by atoms with Gasteiger partial charge in [0.15, 0.2) is 0 Å². The fourth-order valence-electron chi connectivity index (χ4n) is 1.67. The summed E-state index contributed by atoms with van der Waals surface area (Å²) in [6, 6.07) is 14.6. The number of sulfonamides is 1. The molecule has 2 rings (SSSR count). The third kappa shape index (κ3) is 4.48. The number of nitrogens with two attached hydrogens (primary N) is 1. The number of nitrogens with zero attached hydrogens (tertiary/aromatic N) is 1. The van der Waals surface area contributed by atoms with Gasteiger partial charge in [0.05, 0.1) is 16.5 Å². The van der Waals surface area contributed by atoms with Crippen LogP contribution in [0.15, 0.2) is 53.4 Å². The number of primary sulfonamides is 1. The smallest absolute Gasteiger partial charge is 0.238 e. The zero-order valence-electron chi connectivity index (χ0n) is 11.6. The first-order valence-corrected chi connectivity index (χ1v) is 7.92. The zero-order chi connectivity index (χ0) is 16.0. The Kier molecular flexibility index (Phi) is 4.99. The summed E-state index contributed by atoms with van der Waals surface area (Å²) < 4.78 is 33.1. The summed E-state index contributed by atoms with van der Waals surface area (Å²) in [6.45, 7) is 0.623. The second-order valence-electron chi connectivity index (χ2n) is 4.35. The predicted octanol–water partition coefficient (Wildman–Crippen LogP) is 1.66. The van der Waals surface area contributed by atoms with E-state index in [1.54, 1.807) is 24.3 Å². The average molecular weight is 318 g/mol. The maximum atomic E-state index is 11.1. The quantitative estimate of drug-likeness (QED) is 0.816. The maximum absolute atomic E-state index is 11.1. The van der Waals surface area contributed by atoms with E-state index >= 15 is 0 Å². The minimum Gasteiger partial charge on any atom is -0.490 e. The highest BCUT2D eigenvalue weighted by Crippen LogP contribution is 2.15. The summed E-state index contributed by atoms with van der Waals surface area (Å²) >= 11 is 0. The van der Waals surface area contributed by atoms with Crippen LogP contribution in [0.4, 0.5) is 0 Å². The molecule has 0 amide bonds. The van der Waals surface area contributed by atoms with Crippen LogP contribution in [-0.4, -0.2) is 21.6 Å². The minimum atomic E-state index is -3.69. The van der Waals surface area contributed by atoms with Gasteiger partial charge >= 0.3 is 0 Å². The Morgan fingerprint density at radius 1 is 0.909 bits per heavy atom. The molecule has 0 bridgehead atoms. The predicted molar refractivity (Wildman–Crippen MR) is 80.0 cm³/mol. The van der Waals surface area contributed by atoms with Crippen LogP contribution in [0.5, 0.6) is 11.5 Å². The number of ether oxygens (including phenoxy) is 2. The molecule has 6 nitrogen and oxygen atoms in total. The van der Waals surface area contributed by atoms with E-state index in [0.717, 1.165) is 0 Å². The van der Waals surface area contributed by atoms with Crippen LogP contribution >= 0.6 is 0 Å². The van der Waals surface area contributed by atoms with Gasteiger partial charge in [-0.05, 0) is 48.5 Å². The van der Waals surface area contributed by atoms with Crippen LogP contribution in [0.2, 0.25) is 0 Å². The van der Waals surface area contributed by atoms with E-state index in [2.05, 4.69) is 0 Å². The number of hydrogen-bond donors (Lipinski definition) is 1. The van der Waals surface area contributed by atoms with Gasteiger partial charge in [0.2, 0.25) is 10.0 Å². The lowest BCUT2D eigenvalue weighted by atomic mass is 10.2. The minimum absolute atomic E-state index is 0.0358. The molecule has 22 heavy (non-hydrogen) atoms. The lowest BCUT2D eigenvalue weighted by Gasteiger charge is -2.08. The third-order valence-corrected chi connectivity index (χ3v) is 3.69. The number of hydrogen-bond acceptors (Lipinski definition) is 5. The van der Waals surface area contributed by atoms with Crippen molar-refractivity contribution < 1.29 is 17.9 Å². The Labute approximate surface area is 128 Å². The topological polar surface area (TPSA) is 102 Å². The van der Waals surface area contributed by atoms with Crippen molar-refractivity contribution in [1.82, 2.24) is 0 Å². The molecule has 0 saturated carbocycles. The molecule has 0 spiro atoms. The van der Waals surface area contributed by atoms with Gasteiger partial charge in [0, 0.05) is 0 Å². The Morgan fingerprint density at radius 2 is 1.36 bits per heavy atom. The van der Waals surface area contributed by atoms with Crippen LogP contribution in [-0.2, 0) is 10.0 Å². The van der Waals surface area contributed by atoms with Crippen LogP contribution < -0.4 is 14.6 Å². The lowest BCUT2D eigenvalue weighted by molar-refractivity contribution is 0.217. The van der Waals surface area contributed by atoms with Crippen molar-refractivity contribution in [2.75, 3.05) is 13.2 Å². The van der Waals surface area contributed by atoms with Crippen molar-refractivity contribution >= 4 is 10.0 Å². The summed E-state index contributed by atoms with van der Waals surface area (Å²) in [6.07, 6.45) is 0. The van der Waals surface area contributed by atoms with E-state index in [-0.39, 0.29) is 4.90 Å². The molecule has 0 aliphatic heterocycles. The molecular formula is C15H14N2O4S. The van der Waals surface area contributed by atoms with Crippen molar-refractivity contribution in [3.05, 3.63) is 54.1 Å². The Morgan fingerprint density at radius 3 is 1.77 bits per heavy atom. The van der Waals surface area contributed by atoms with E-state index in [9.17, 15) is 8.42 Å². The highest BCUT2D eigenvalue weighted by atomic mass is 32.2. The Hall–Kier alpha value is -2.56. The maximum Gasteiger partial charge on any atom is 0.238 e. The van der Waals surface area contributed by atoms with Crippen LogP contribution in [0, 0.1) is 11.3 Å². The van der Waals surface area contributed by atoms with Gasteiger partial charge in [-0.2, -0.15) is 5.26 Å². The molecule has 0 heterocycles. The molecule has 0 aromatic heterocycles. The van der Waals surface area contributed by atoms with E-state index in [0.29, 0.717) is 30.3 Å². The largest absolute Gasteiger partial charge is 0.490 e. The molecule has 7 heteroatoms. The van der Waals surface area contributed by atoms with Gasteiger partial charge in [-0.1, -0.05) is 0 Å². The molecule has 2 aromatic carbocycles. The monoisotopic (exact) mass is 318 g/mol. The van der Waals surface area contributed by atoms with Crippen LogP contribution in [0.1, 0.15) is 5.56 Å². The summed E-state index contributed by atoms with van der Waals surface area (Å²) in [5.41, 5.74) is 0.568. The fraction of sp³-hybridized carbons (Fsp3) is 0.133. The summed E-state index contributed by atoms with van der Waals surface area (Å²) in [5.74, 6) is 1.17. The van der Waals surface area contributed by atoms with Crippen molar-refractivity contribution in [1.29, 1.82) is 5.26 Å². The van der Waals surface area contributed by atoms with Crippen molar-refractivity contribution in [2.45, 2.75) is 4.90 Å². The van der Waals surface area contributed by atoms with Gasteiger partial charge in [-0.15, -0.1) is 0 Å². The lowest BCUT2D eigenvalue weighted by Crippen LogP contribution is -2.12. The van der Waals surface area contributed by atoms with E-state index in [1.165, 1.54) is 24.3 Å². The average Bonchev–Trinajstić information content (AvgIpc) is 2.52. The van der Waals surface area contributed by atoms with Gasteiger partial charge < -0.3 is 9.47 Å². The molecule has 0 fully saturated rings. The summed E-state index contributed by atoms with van der Waals surface area (Å²) in [7, 11) is -3.69. The summed E-state index contributed by atoms with van der Waals surface area (Å²) in [4.78, 5) is 0.0358. The van der Waals surface area contributed by atoms with Gasteiger partial charge in [-0.25, -0.2) is 13.6 Å². The SMILES string of the molecule is N#Cc1ccc(OCCOc2ccc(S(N)(=O)=O)cc2)cc1. The number of benzene rings is 2. The van der Waals surface area contributed by atoms with Gasteiger partial charge in [0.1, 0.15) is 24.7 Å². The molecule has 2 aromatic rings. The van der Waals surface area contributed by atoms with E-state index < -0.39 is 10.0 Å². The highest BCUT2D eigenvalue weighted by molar-refractivity contribution is 7.89. The van der Waals surface area contributed by atoms with Crippen molar-refractivity contribution in [3.8, 4) is 17.6 Å². The normalized spacial score (nSPS) is 10.7. The third-order valence-electron chi connectivity index (χ3n) is 2.76. The number of nitriles is 1. The molecule has 0 radical (unpaired) electrons. The van der Waals surface area contributed by atoms with Crippen molar-refractivity contribution in [2.24, 2.45) is 5.14 Å². The molecule has 0 aliphatic rings. The number of rotatable bonds is 6. The zero-order valence-corrected chi connectivity index (χ0v) is 12.4. The van der Waals surface area contributed by atoms with Gasteiger partial charge in [0.25, 0.3) is 0 Å². The second kappa shape index (κ2) is 6.93. The van der Waals surface area contributed by atoms with Crippen LogP contribution in [0.25, 0.3) is 0 Å².